The first-order valence-corrected chi connectivity index (χ1v) is 7.89. The molecule has 0 aromatic heterocycles. The zero-order chi connectivity index (χ0) is 15.5. The van der Waals surface area contributed by atoms with Crippen LogP contribution in [0.5, 0.6) is 5.75 Å². The molecule has 3 heteroatoms. The van der Waals surface area contributed by atoms with Gasteiger partial charge in [-0.3, -0.25) is 0 Å². The lowest BCUT2D eigenvalue weighted by Crippen LogP contribution is -2.47. The number of likely N-dealkylation sites (N-methyl/N-ethyl adjacent to an activating group) is 1. The van der Waals surface area contributed by atoms with Crippen molar-refractivity contribution in [1.82, 2.24) is 5.32 Å². The van der Waals surface area contributed by atoms with Gasteiger partial charge in [0, 0.05) is 13.2 Å². The molecule has 0 saturated heterocycles. The molecule has 3 unspecified atom stereocenters. The minimum Gasteiger partial charge on any atom is -0.493 e. The van der Waals surface area contributed by atoms with Crippen molar-refractivity contribution in [2.45, 2.75) is 51.7 Å². The summed E-state index contributed by atoms with van der Waals surface area (Å²) in [5, 5.41) is 3.47. The van der Waals surface area contributed by atoms with Crippen LogP contribution in [0.3, 0.4) is 0 Å². The third-order valence-electron chi connectivity index (χ3n) is 4.46. The molecule has 2 rings (SSSR count). The molecule has 0 aliphatic carbocycles. The van der Waals surface area contributed by atoms with Crippen LogP contribution in [0.2, 0.25) is 0 Å². The van der Waals surface area contributed by atoms with Crippen molar-refractivity contribution < 1.29 is 9.47 Å². The Hall–Kier alpha value is -1.06. The zero-order valence-electron chi connectivity index (χ0n) is 14.0. The fourth-order valence-electron chi connectivity index (χ4n) is 3.48. The summed E-state index contributed by atoms with van der Waals surface area (Å²) in [6.45, 7) is 7.53. The van der Waals surface area contributed by atoms with Gasteiger partial charge in [-0.15, -0.1) is 0 Å². The van der Waals surface area contributed by atoms with E-state index in [9.17, 15) is 0 Å². The minimum absolute atomic E-state index is 0.118. The number of methoxy groups -OCH3 is 1. The van der Waals surface area contributed by atoms with E-state index in [1.54, 1.807) is 0 Å². The zero-order valence-corrected chi connectivity index (χ0v) is 14.0. The van der Waals surface area contributed by atoms with E-state index in [0.29, 0.717) is 12.0 Å². The summed E-state index contributed by atoms with van der Waals surface area (Å²) < 4.78 is 11.6. The fourth-order valence-corrected chi connectivity index (χ4v) is 3.48. The largest absolute Gasteiger partial charge is 0.493 e. The highest BCUT2D eigenvalue weighted by atomic mass is 16.5. The second-order valence-electron chi connectivity index (χ2n) is 7.03. The summed E-state index contributed by atoms with van der Waals surface area (Å²) >= 11 is 0. The number of nitrogens with one attached hydrogen (secondary N) is 1. The summed E-state index contributed by atoms with van der Waals surface area (Å²) in [5.41, 5.74) is 1.46. The highest BCUT2D eigenvalue weighted by molar-refractivity contribution is 5.37. The first kappa shape index (κ1) is 16.3. The van der Waals surface area contributed by atoms with Crippen LogP contribution < -0.4 is 10.1 Å². The molecule has 3 atom stereocenters. The van der Waals surface area contributed by atoms with Crippen LogP contribution in [0.4, 0.5) is 0 Å². The van der Waals surface area contributed by atoms with Gasteiger partial charge in [-0.1, -0.05) is 39.0 Å². The Kier molecular flexibility index (Phi) is 5.28. The number of ether oxygens (including phenoxy) is 2. The summed E-state index contributed by atoms with van der Waals surface area (Å²) in [4.78, 5) is 0. The van der Waals surface area contributed by atoms with Gasteiger partial charge in [0.05, 0.1) is 12.7 Å². The smallest absolute Gasteiger partial charge is 0.122 e. The van der Waals surface area contributed by atoms with Gasteiger partial charge in [0.1, 0.15) is 5.75 Å². The average molecular weight is 291 g/mol. The van der Waals surface area contributed by atoms with Crippen LogP contribution >= 0.6 is 0 Å². The highest BCUT2D eigenvalue weighted by Crippen LogP contribution is 2.38. The molecule has 0 amide bonds. The van der Waals surface area contributed by atoms with Gasteiger partial charge in [0.15, 0.2) is 0 Å². The first-order valence-electron chi connectivity index (χ1n) is 7.89. The molecule has 0 spiro atoms. The SMILES string of the molecule is CNC(CC1CCOc2ccccc21)C(OC)C(C)(C)C. The van der Waals surface area contributed by atoms with Gasteiger partial charge in [0.2, 0.25) is 0 Å². The number of fused-ring (bicyclic) bond motifs is 1. The van der Waals surface area contributed by atoms with E-state index < -0.39 is 0 Å². The molecular formula is C18H29NO2. The molecule has 0 saturated carbocycles. The normalized spacial score (nSPS) is 21.3. The number of hydrogen-bond donors (Lipinski definition) is 1. The van der Waals surface area contributed by atoms with Gasteiger partial charge in [-0.25, -0.2) is 0 Å². The Bertz CT molecular complexity index is 453. The maximum Gasteiger partial charge on any atom is 0.122 e. The van der Waals surface area contributed by atoms with E-state index in [1.807, 2.05) is 20.2 Å². The molecule has 1 N–H and O–H groups in total. The van der Waals surface area contributed by atoms with Crippen molar-refractivity contribution in [2.24, 2.45) is 5.41 Å². The molecule has 1 heterocycles. The summed E-state index contributed by atoms with van der Waals surface area (Å²) in [6.07, 6.45) is 2.35. The maximum atomic E-state index is 5.80. The van der Waals surface area contributed by atoms with Crippen LogP contribution in [0, 0.1) is 5.41 Å². The number of benzene rings is 1. The second kappa shape index (κ2) is 6.80. The minimum atomic E-state index is 0.118. The van der Waals surface area contributed by atoms with E-state index >= 15 is 0 Å². The number of hydrogen-bond acceptors (Lipinski definition) is 3. The van der Waals surface area contributed by atoms with E-state index in [0.717, 1.165) is 25.2 Å². The Labute approximate surface area is 129 Å². The van der Waals surface area contributed by atoms with Crippen LogP contribution in [0.1, 0.15) is 45.1 Å². The monoisotopic (exact) mass is 291 g/mol. The highest BCUT2D eigenvalue weighted by Gasteiger charge is 2.34. The molecule has 0 bridgehead atoms. The molecule has 118 valence electrons. The van der Waals surface area contributed by atoms with Crippen molar-refractivity contribution in [3.05, 3.63) is 29.8 Å². The van der Waals surface area contributed by atoms with Gasteiger partial charge < -0.3 is 14.8 Å². The molecule has 1 aliphatic rings. The predicted octanol–water partition coefficient (Wildman–Crippen LogP) is 3.59. The first-order chi connectivity index (χ1) is 9.97. The molecule has 21 heavy (non-hydrogen) atoms. The van der Waals surface area contributed by atoms with E-state index in [-0.39, 0.29) is 11.5 Å². The molecular weight excluding hydrogens is 262 g/mol. The fraction of sp³-hybridized carbons (Fsp3) is 0.667. The Morgan fingerprint density at radius 1 is 1.33 bits per heavy atom. The van der Waals surface area contributed by atoms with Crippen LogP contribution in [0.25, 0.3) is 0 Å². The quantitative estimate of drug-likeness (QED) is 0.899. The maximum absolute atomic E-state index is 5.80. The topological polar surface area (TPSA) is 30.5 Å². The molecule has 1 aromatic rings. The Morgan fingerprint density at radius 2 is 2.05 bits per heavy atom. The van der Waals surface area contributed by atoms with Crippen LogP contribution in [0.15, 0.2) is 24.3 Å². The van der Waals surface area contributed by atoms with Crippen molar-refractivity contribution >= 4 is 0 Å². The molecule has 0 fully saturated rings. The molecule has 1 aliphatic heterocycles. The van der Waals surface area contributed by atoms with Crippen molar-refractivity contribution in [3.8, 4) is 5.75 Å². The van der Waals surface area contributed by atoms with Gasteiger partial charge in [-0.05, 0) is 42.9 Å². The summed E-state index contributed by atoms with van der Waals surface area (Å²) in [7, 11) is 3.85. The van der Waals surface area contributed by atoms with Gasteiger partial charge in [-0.2, -0.15) is 0 Å². The summed E-state index contributed by atoms with van der Waals surface area (Å²) in [5.74, 6) is 1.58. The number of rotatable bonds is 5. The molecule has 1 aromatic carbocycles. The lowest BCUT2D eigenvalue weighted by molar-refractivity contribution is -0.0137. The number of para-hydroxylation sites is 1. The standard InChI is InChI=1S/C18H29NO2/c1-18(2,3)17(20-5)15(19-4)12-13-10-11-21-16-9-7-6-8-14(13)16/h6-9,13,15,17,19H,10-12H2,1-5H3. The lowest BCUT2D eigenvalue weighted by Gasteiger charge is -2.38. The lowest BCUT2D eigenvalue weighted by atomic mass is 9.79. The van der Waals surface area contributed by atoms with E-state index in [2.05, 4.69) is 44.3 Å². The average Bonchev–Trinajstić information content (AvgIpc) is 2.45. The van der Waals surface area contributed by atoms with Crippen LogP contribution in [-0.4, -0.2) is 32.9 Å². The Balaban J connectivity index is 2.16. The molecule has 3 nitrogen and oxygen atoms in total. The molecule has 0 radical (unpaired) electrons. The van der Waals surface area contributed by atoms with Crippen molar-refractivity contribution in [3.63, 3.8) is 0 Å². The van der Waals surface area contributed by atoms with Crippen molar-refractivity contribution in [2.75, 3.05) is 20.8 Å². The third-order valence-corrected chi connectivity index (χ3v) is 4.46. The van der Waals surface area contributed by atoms with Crippen molar-refractivity contribution in [1.29, 1.82) is 0 Å². The predicted molar refractivity (Wildman–Crippen MR) is 87.0 cm³/mol. The van der Waals surface area contributed by atoms with Gasteiger partial charge >= 0.3 is 0 Å². The summed E-state index contributed by atoms with van der Waals surface area (Å²) in [6, 6.07) is 8.76. The van der Waals surface area contributed by atoms with Gasteiger partial charge in [0.25, 0.3) is 0 Å². The van der Waals surface area contributed by atoms with E-state index in [1.165, 1.54) is 5.56 Å². The van der Waals surface area contributed by atoms with E-state index in [4.69, 9.17) is 9.47 Å². The van der Waals surface area contributed by atoms with Crippen LogP contribution in [-0.2, 0) is 4.74 Å². The second-order valence-corrected chi connectivity index (χ2v) is 7.03. The Morgan fingerprint density at radius 3 is 2.67 bits per heavy atom. The third kappa shape index (κ3) is 3.78.